The van der Waals surface area contributed by atoms with Crippen molar-refractivity contribution in [2.75, 3.05) is 26.4 Å². The molecule has 0 bridgehead atoms. The lowest BCUT2D eigenvalue weighted by molar-refractivity contribution is 0.0468. The van der Waals surface area contributed by atoms with Gasteiger partial charge in [-0.05, 0) is 61.3 Å². The second-order valence-corrected chi connectivity index (χ2v) is 9.07. The van der Waals surface area contributed by atoms with Crippen LogP contribution in [-0.4, -0.2) is 32.5 Å². The van der Waals surface area contributed by atoms with E-state index in [-0.39, 0.29) is 6.10 Å². The van der Waals surface area contributed by atoms with Crippen LogP contribution >= 0.6 is 0 Å². The van der Waals surface area contributed by atoms with Crippen molar-refractivity contribution >= 4 is 0 Å². The number of rotatable bonds is 0. The van der Waals surface area contributed by atoms with Gasteiger partial charge in [-0.3, -0.25) is 0 Å². The van der Waals surface area contributed by atoms with Crippen LogP contribution in [0.1, 0.15) is 44.9 Å². The van der Waals surface area contributed by atoms with Gasteiger partial charge in [0.15, 0.2) is 0 Å². The highest BCUT2D eigenvalue weighted by Gasteiger charge is 2.34. The van der Waals surface area contributed by atoms with Gasteiger partial charge >= 0.3 is 0 Å². The summed E-state index contributed by atoms with van der Waals surface area (Å²) in [5.74, 6) is 1.06. The summed E-state index contributed by atoms with van der Waals surface area (Å²) in [6.45, 7) is 1.94. The lowest BCUT2D eigenvalue weighted by Gasteiger charge is -2.35. The molecule has 0 N–H and O–H groups in total. The molecule has 0 radical (unpaired) electrons. The van der Waals surface area contributed by atoms with Gasteiger partial charge in [0.1, 0.15) is 62.6 Å². The maximum atomic E-state index is 6.45. The Balaban J connectivity index is 1.50. The van der Waals surface area contributed by atoms with E-state index in [0.29, 0.717) is 26.4 Å². The Kier molecular flexibility index (Phi) is 8.47. The third-order valence-electron chi connectivity index (χ3n) is 6.88. The average Bonchev–Trinajstić information content (AvgIpc) is 2.92. The fourth-order valence-corrected chi connectivity index (χ4v) is 5.30. The summed E-state index contributed by atoms with van der Waals surface area (Å²) in [4.78, 5) is 0. The third kappa shape index (κ3) is 5.88. The molecule has 0 aromatic heterocycles. The fourth-order valence-electron chi connectivity index (χ4n) is 5.30. The van der Waals surface area contributed by atoms with Crippen LogP contribution in [0.4, 0.5) is 0 Å². The first-order valence-electron chi connectivity index (χ1n) is 12.9. The number of ether oxygens (including phenoxy) is 6. The van der Waals surface area contributed by atoms with E-state index in [1.165, 1.54) is 78.4 Å². The smallest absolute Gasteiger partial charge is 0.143 e. The zero-order chi connectivity index (χ0) is 24.4. The van der Waals surface area contributed by atoms with E-state index in [9.17, 15) is 0 Å². The Hall–Kier alpha value is -3.38. The second kappa shape index (κ2) is 12.5. The van der Waals surface area contributed by atoms with Crippen LogP contribution in [0.5, 0.6) is 0 Å². The van der Waals surface area contributed by atoms with Gasteiger partial charge in [0.2, 0.25) is 0 Å². The van der Waals surface area contributed by atoms with Crippen molar-refractivity contribution < 1.29 is 28.4 Å². The van der Waals surface area contributed by atoms with Gasteiger partial charge in [-0.15, -0.1) is 0 Å². The Morgan fingerprint density at radius 1 is 0.750 bits per heavy atom. The molecule has 0 aromatic carbocycles. The van der Waals surface area contributed by atoms with E-state index >= 15 is 0 Å². The summed E-state index contributed by atoms with van der Waals surface area (Å²) in [7, 11) is 0. The molecule has 0 spiro atoms. The molecule has 0 amide bonds. The van der Waals surface area contributed by atoms with Crippen LogP contribution in [0.2, 0.25) is 0 Å². The molecule has 0 saturated heterocycles. The largest absolute Gasteiger partial charge is 0.496 e. The second-order valence-electron chi connectivity index (χ2n) is 9.07. The molecule has 1 aliphatic heterocycles. The van der Waals surface area contributed by atoms with E-state index in [1.807, 2.05) is 0 Å². The Labute approximate surface area is 213 Å². The fraction of sp³-hybridized carbons (Fsp3) is 0.400. The summed E-state index contributed by atoms with van der Waals surface area (Å²) >= 11 is 0. The van der Waals surface area contributed by atoms with Crippen LogP contribution in [0.3, 0.4) is 0 Å². The van der Waals surface area contributed by atoms with Gasteiger partial charge in [-0.1, -0.05) is 29.9 Å². The first-order valence-corrected chi connectivity index (χ1v) is 12.9. The van der Waals surface area contributed by atoms with Crippen LogP contribution in [0.15, 0.2) is 107 Å². The first kappa shape index (κ1) is 24.3. The van der Waals surface area contributed by atoms with Crippen molar-refractivity contribution in [2.45, 2.75) is 51.0 Å². The molecule has 0 saturated carbocycles. The summed E-state index contributed by atoms with van der Waals surface area (Å²) in [5.41, 5.74) is 8.08. The molecule has 6 heteroatoms. The standard InChI is InChI=1S/C30H34O6/c1-3-7-25-23(5-1)9-11-27-29(25)30-26-8-4-2-6-24(26)10-12-28(30)36-22-20-34-18-16-32-14-13-31-15-17-33-19-21-35-27/h1,3,5,9,11,13-15,17,19,21,27H,2,4,6-8,10,12,16,18,20,22H2/b14-13-,17-15-,21-19-. The number of fused-ring (bicyclic) bond motifs is 4. The molecule has 0 fully saturated rings. The quantitative estimate of drug-likeness (QED) is 0.384. The van der Waals surface area contributed by atoms with E-state index in [1.54, 1.807) is 11.8 Å². The van der Waals surface area contributed by atoms with Gasteiger partial charge in [-0.2, -0.15) is 0 Å². The average molecular weight is 491 g/mol. The van der Waals surface area contributed by atoms with Gasteiger partial charge < -0.3 is 28.4 Å². The predicted molar refractivity (Wildman–Crippen MR) is 137 cm³/mol. The minimum absolute atomic E-state index is 0.229. The molecule has 1 heterocycles. The first-order chi connectivity index (χ1) is 17.9. The highest BCUT2D eigenvalue weighted by molar-refractivity contribution is 5.65. The normalized spacial score (nSPS) is 27.8. The summed E-state index contributed by atoms with van der Waals surface area (Å²) in [6, 6.07) is 0. The van der Waals surface area contributed by atoms with E-state index in [2.05, 4.69) is 30.4 Å². The Morgan fingerprint density at radius 3 is 2.53 bits per heavy atom. The zero-order valence-corrected chi connectivity index (χ0v) is 20.7. The van der Waals surface area contributed by atoms with Crippen molar-refractivity contribution in [1.29, 1.82) is 0 Å². The van der Waals surface area contributed by atoms with Crippen molar-refractivity contribution in [3.05, 3.63) is 107 Å². The molecule has 1 atom stereocenters. The molecule has 4 aliphatic carbocycles. The summed E-state index contributed by atoms with van der Waals surface area (Å²) < 4.78 is 34.3. The Morgan fingerprint density at radius 2 is 1.58 bits per heavy atom. The van der Waals surface area contributed by atoms with E-state index in [0.717, 1.165) is 31.4 Å². The zero-order valence-electron chi connectivity index (χ0n) is 20.7. The lowest BCUT2D eigenvalue weighted by atomic mass is 9.73. The molecular weight excluding hydrogens is 456 g/mol. The molecule has 5 aliphatic rings. The van der Waals surface area contributed by atoms with Crippen molar-refractivity contribution in [3.8, 4) is 0 Å². The topological polar surface area (TPSA) is 55.4 Å². The van der Waals surface area contributed by atoms with Gasteiger partial charge in [0.25, 0.3) is 0 Å². The molecular formula is C30H34O6. The molecule has 1 unspecified atom stereocenters. The van der Waals surface area contributed by atoms with E-state index < -0.39 is 0 Å². The predicted octanol–water partition coefficient (Wildman–Crippen LogP) is 6.55. The SMILES string of the molecule is C1=CCC2=C3C4=C(CCC5=C4CCCC5)OCCOCCO/C=C\O/C=C\O/C=C\OC3C=CC2=C1. The van der Waals surface area contributed by atoms with Crippen molar-refractivity contribution in [3.63, 3.8) is 0 Å². The van der Waals surface area contributed by atoms with Crippen LogP contribution in [-0.2, 0) is 28.4 Å². The summed E-state index contributed by atoms with van der Waals surface area (Å²) in [5, 5.41) is 0. The van der Waals surface area contributed by atoms with Crippen LogP contribution in [0, 0.1) is 0 Å². The molecule has 0 aromatic rings. The lowest BCUT2D eigenvalue weighted by Crippen LogP contribution is -2.24. The van der Waals surface area contributed by atoms with Crippen LogP contribution < -0.4 is 0 Å². The number of hydrogen-bond donors (Lipinski definition) is 0. The van der Waals surface area contributed by atoms with Crippen LogP contribution in [0.25, 0.3) is 0 Å². The third-order valence-corrected chi connectivity index (χ3v) is 6.88. The van der Waals surface area contributed by atoms with Gasteiger partial charge in [0.05, 0.1) is 13.2 Å². The molecule has 5 rings (SSSR count). The van der Waals surface area contributed by atoms with Crippen molar-refractivity contribution in [1.82, 2.24) is 0 Å². The number of hydrogen-bond acceptors (Lipinski definition) is 6. The molecule has 6 nitrogen and oxygen atoms in total. The highest BCUT2D eigenvalue weighted by Crippen LogP contribution is 2.47. The van der Waals surface area contributed by atoms with Crippen molar-refractivity contribution in [2.24, 2.45) is 0 Å². The molecule has 190 valence electrons. The number of allylic oxidation sites excluding steroid dienone is 9. The monoisotopic (exact) mass is 490 g/mol. The minimum Gasteiger partial charge on any atom is -0.496 e. The molecule has 36 heavy (non-hydrogen) atoms. The van der Waals surface area contributed by atoms with Gasteiger partial charge in [0, 0.05) is 17.6 Å². The highest BCUT2D eigenvalue weighted by atomic mass is 16.5. The summed E-state index contributed by atoms with van der Waals surface area (Å²) in [6.07, 6.45) is 27.1. The maximum Gasteiger partial charge on any atom is 0.143 e. The van der Waals surface area contributed by atoms with Gasteiger partial charge in [-0.25, -0.2) is 0 Å². The maximum absolute atomic E-state index is 6.45. The minimum atomic E-state index is -0.229. The van der Waals surface area contributed by atoms with E-state index in [4.69, 9.17) is 28.4 Å². The Bertz CT molecular complexity index is 1080.